The minimum atomic E-state index is -0.175. The topological polar surface area (TPSA) is 12.5 Å². The van der Waals surface area contributed by atoms with Crippen molar-refractivity contribution in [3.8, 4) is 0 Å². The summed E-state index contributed by atoms with van der Waals surface area (Å²) in [5.74, 6) is -0.175. The first kappa shape index (κ1) is 10.6. The van der Waals surface area contributed by atoms with E-state index < -0.39 is 0 Å². The lowest BCUT2D eigenvalue weighted by Gasteiger charge is -2.26. The maximum absolute atomic E-state index is 12.9. The normalized spacial score (nSPS) is 17.9. The van der Waals surface area contributed by atoms with E-state index in [1.54, 1.807) is 12.1 Å². The average Bonchev–Trinajstić information content (AvgIpc) is 2.28. The van der Waals surface area contributed by atoms with Crippen LogP contribution in [0.4, 0.5) is 4.39 Å². The predicted octanol–water partition coefficient (Wildman–Crippen LogP) is 1.50. The van der Waals surface area contributed by atoms with Gasteiger partial charge in [-0.3, -0.25) is 4.90 Å². The van der Waals surface area contributed by atoms with Gasteiger partial charge in [0.2, 0.25) is 0 Å². The number of morpholine rings is 1. The molecule has 0 saturated carbocycles. The van der Waals surface area contributed by atoms with E-state index in [0.717, 1.165) is 44.8 Å². The molecule has 2 rings (SSSR count). The summed E-state index contributed by atoms with van der Waals surface area (Å²) >= 11 is 0. The van der Waals surface area contributed by atoms with Crippen molar-refractivity contribution in [1.82, 2.24) is 4.90 Å². The lowest BCUT2D eigenvalue weighted by Crippen LogP contribution is -2.37. The first-order valence-corrected chi connectivity index (χ1v) is 5.31. The van der Waals surface area contributed by atoms with Crippen LogP contribution in [0.5, 0.6) is 0 Å². The van der Waals surface area contributed by atoms with Gasteiger partial charge >= 0.3 is 0 Å². The van der Waals surface area contributed by atoms with Crippen LogP contribution in [0, 0.1) is 11.9 Å². The lowest BCUT2D eigenvalue weighted by atomic mass is 10.1. The van der Waals surface area contributed by atoms with Crippen LogP contribution in [0.3, 0.4) is 0 Å². The molecule has 1 heterocycles. The molecule has 0 unspecified atom stereocenters. The summed E-state index contributed by atoms with van der Waals surface area (Å²) in [6, 6.07) is 7.68. The second-order valence-electron chi connectivity index (χ2n) is 3.74. The maximum Gasteiger partial charge on any atom is 0.123 e. The Hall–Kier alpha value is -0.930. The Morgan fingerprint density at radius 3 is 2.93 bits per heavy atom. The quantitative estimate of drug-likeness (QED) is 0.746. The molecule has 2 nitrogen and oxygen atoms in total. The first-order valence-electron chi connectivity index (χ1n) is 5.31. The molecule has 1 saturated heterocycles. The molecule has 3 heteroatoms. The molecule has 1 aliphatic heterocycles. The largest absolute Gasteiger partial charge is 0.379 e. The molecule has 1 aromatic carbocycles. The number of hydrogen-bond acceptors (Lipinski definition) is 2. The second-order valence-corrected chi connectivity index (χ2v) is 3.74. The Bertz CT molecular complexity index is 310. The number of halogens is 1. The zero-order chi connectivity index (χ0) is 10.5. The lowest BCUT2D eigenvalue weighted by molar-refractivity contribution is 0.0384. The summed E-state index contributed by atoms with van der Waals surface area (Å²) in [5.41, 5.74) is 0.946. The van der Waals surface area contributed by atoms with Crippen LogP contribution in [-0.4, -0.2) is 37.7 Å². The van der Waals surface area contributed by atoms with Crippen molar-refractivity contribution in [2.45, 2.75) is 6.42 Å². The Morgan fingerprint density at radius 1 is 1.40 bits per heavy atom. The molecular formula is C12H15FNO. The smallest absolute Gasteiger partial charge is 0.123 e. The first-order chi connectivity index (χ1) is 7.34. The van der Waals surface area contributed by atoms with Crippen LogP contribution in [0.2, 0.25) is 0 Å². The van der Waals surface area contributed by atoms with Gasteiger partial charge in [0.05, 0.1) is 13.2 Å². The maximum atomic E-state index is 12.9. The van der Waals surface area contributed by atoms with Gasteiger partial charge in [0.1, 0.15) is 5.82 Å². The van der Waals surface area contributed by atoms with E-state index in [2.05, 4.69) is 11.0 Å². The Morgan fingerprint density at radius 2 is 2.20 bits per heavy atom. The Kier molecular flexibility index (Phi) is 3.69. The van der Waals surface area contributed by atoms with E-state index in [-0.39, 0.29) is 5.82 Å². The summed E-state index contributed by atoms with van der Waals surface area (Å²) in [7, 11) is 0. The number of nitrogens with zero attached hydrogens (tertiary/aromatic N) is 1. The fourth-order valence-corrected chi connectivity index (χ4v) is 1.73. The van der Waals surface area contributed by atoms with Crippen LogP contribution in [0.25, 0.3) is 0 Å². The van der Waals surface area contributed by atoms with Gasteiger partial charge < -0.3 is 4.74 Å². The molecule has 1 radical (unpaired) electrons. The summed E-state index contributed by atoms with van der Waals surface area (Å²) in [6.45, 7) is 4.55. The molecule has 0 amide bonds. The third-order valence-corrected chi connectivity index (χ3v) is 2.62. The van der Waals surface area contributed by atoms with Gasteiger partial charge in [-0.05, 0) is 30.2 Å². The van der Waals surface area contributed by atoms with E-state index in [9.17, 15) is 4.39 Å². The van der Waals surface area contributed by atoms with Gasteiger partial charge in [-0.1, -0.05) is 6.07 Å². The van der Waals surface area contributed by atoms with Gasteiger partial charge in [-0.25, -0.2) is 4.39 Å². The molecule has 15 heavy (non-hydrogen) atoms. The third kappa shape index (κ3) is 3.29. The fraction of sp³-hybridized carbons (Fsp3) is 0.500. The van der Waals surface area contributed by atoms with Crippen LogP contribution < -0.4 is 0 Å². The fourth-order valence-electron chi connectivity index (χ4n) is 1.73. The van der Waals surface area contributed by atoms with Crippen LogP contribution in [0.1, 0.15) is 5.56 Å². The van der Waals surface area contributed by atoms with Crippen molar-refractivity contribution in [2.24, 2.45) is 0 Å². The van der Waals surface area contributed by atoms with Gasteiger partial charge in [-0.15, -0.1) is 0 Å². The van der Waals surface area contributed by atoms with E-state index in [1.807, 2.05) is 0 Å². The van der Waals surface area contributed by atoms with Crippen molar-refractivity contribution in [1.29, 1.82) is 0 Å². The van der Waals surface area contributed by atoms with Gasteiger partial charge in [0, 0.05) is 19.6 Å². The van der Waals surface area contributed by atoms with Crippen LogP contribution >= 0.6 is 0 Å². The van der Waals surface area contributed by atoms with Crippen molar-refractivity contribution in [3.63, 3.8) is 0 Å². The predicted molar refractivity (Wildman–Crippen MR) is 56.2 cm³/mol. The van der Waals surface area contributed by atoms with Gasteiger partial charge in [-0.2, -0.15) is 0 Å². The standard InChI is InChI=1S/C12H15FNO/c13-12-3-1-2-11(10-12)4-5-14-6-8-15-9-7-14/h1,3,10H,4-9H2. The zero-order valence-electron chi connectivity index (χ0n) is 8.71. The SMILES string of the molecule is Fc1cc[c]c(CCN2CCOCC2)c1. The second kappa shape index (κ2) is 5.24. The minimum Gasteiger partial charge on any atom is -0.379 e. The third-order valence-electron chi connectivity index (χ3n) is 2.62. The van der Waals surface area contributed by atoms with E-state index in [4.69, 9.17) is 4.74 Å². The van der Waals surface area contributed by atoms with Crippen LogP contribution in [-0.2, 0) is 11.2 Å². The summed E-state index contributed by atoms with van der Waals surface area (Å²) in [5, 5.41) is 0. The highest BCUT2D eigenvalue weighted by Crippen LogP contribution is 2.05. The van der Waals surface area contributed by atoms with Crippen molar-refractivity contribution in [2.75, 3.05) is 32.8 Å². The van der Waals surface area contributed by atoms with Gasteiger partial charge in [0.25, 0.3) is 0 Å². The Balaban J connectivity index is 1.81. The number of rotatable bonds is 3. The molecule has 81 valence electrons. The molecular weight excluding hydrogens is 193 g/mol. The number of hydrogen-bond donors (Lipinski definition) is 0. The number of benzene rings is 1. The molecule has 0 aromatic heterocycles. The average molecular weight is 208 g/mol. The number of ether oxygens (including phenoxy) is 1. The minimum absolute atomic E-state index is 0.175. The van der Waals surface area contributed by atoms with E-state index >= 15 is 0 Å². The molecule has 1 aromatic rings. The molecule has 0 bridgehead atoms. The molecule has 1 aliphatic rings. The van der Waals surface area contributed by atoms with Gasteiger partial charge in [0.15, 0.2) is 0 Å². The summed E-state index contributed by atoms with van der Waals surface area (Å²) in [6.07, 6.45) is 0.859. The Labute approximate surface area is 89.7 Å². The van der Waals surface area contributed by atoms with E-state index in [0.29, 0.717) is 0 Å². The summed E-state index contributed by atoms with van der Waals surface area (Å²) < 4.78 is 18.1. The highest BCUT2D eigenvalue weighted by Gasteiger charge is 2.09. The molecule has 0 spiro atoms. The van der Waals surface area contributed by atoms with Crippen molar-refractivity contribution >= 4 is 0 Å². The van der Waals surface area contributed by atoms with E-state index in [1.165, 1.54) is 6.07 Å². The zero-order valence-corrected chi connectivity index (χ0v) is 8.71. The van der Waals surface area contributed by atoms with Crippen LogP contribution in [0.15, 0.2) is 18.2 Å². The summed E-state index contributed by atoms with van der Waals surface area (Å²) in [4.78, 5) is 2.34. The monoisotopic (exact) mass is 208 g/mol. The molecule has 0 atom stereocenters. The van der Waals surface area contributed by atoms with Crippen molar-refractivity contribution < 1.29 is 9.13 Å². The highest BCUT2D eigenvalue weighted by molar-refractivity contribution is 5.15. The van der Waals surface area contributed by atoms with Crippen molar-refractivity contribution in [3.05, 3.63) is 35.6 Å². The molecule has 0 N–H and O–H groups in total. The highest BCUT2D eigenvalue weighted by atomic mass is 19.1. The molecule has 1 fully saturated rings. The molecule has 0 aliphatic carbocycles.